The zero-order valence-corrected chi connectivity index (χ0v) is 14.5. The standard InChI is InChI=1S/C16H23ClN2O4/c1-21-16(22-2,23-3)15(20)19-10-8-18(9-11-19)12-13-4-6-14(17)7-5-13/h4-7H,8-12H2,1-3H3. The van der Waals surface area contributed by atoms with Crippen molar-refractivity contribution < 1.29 is 19.0 Å². The summed E-state index contributed by atoms with van der Waals surface area (Å²) in [5.41, 5.74) is 1.20. The number of carbonyl (C=O) groups excluding carboxylic acids is 1. The zero-order valence-electron chi connectivity index (χ0n) is 13.8. The highest BCUT2D eigenvalue weighted by Crippen LogP contribution is 2.18. The number of hydrogen-bond donors (Lipinski definition) is 0. The molecule has 0 bridgehead atoms. The first-order chi connectivity index (χ1) is 11.0. The smallest absolute Gasteiger partial charge is 0.333 e. The highest BCUT2D eigenvalue weighted by Gasteiger charge is 2.43. The summed E-state index contributed by atoms with van der Waals surface area (Å²) in [6.45, 7) is 3.60. The van der Waals surface area contributed by atoms with E-state index in [0.29, 0.717) is 13.1 Å². The number of benzene rings is 1. The Bertz CT molecular complexity index is 503. The molecule has 1 aliphatic rings. The summed E-state index contributed by atoms with van der Waals surface area (Å²) in [5, 5.41) is 0.735. The quantitative estimate of drug-likeness (QED) is 0.735. The van der Waals surface area contributed by atoms with E-state index in [1.165, 1.54) is 26.9 Å². The van der Waals surface area contributed by atoms with Crippen molar-refractivity contribution in [3.05, 3.63) is 34.9 Å². The number of piperazine rings is 1. The summed E-state index contributed by atoms with van der Waals surface area (Å²) in [5.74, 6) is -1.96. The fraction of sp³-hybridized carbons (Fsp3) is 0.562. The molecule has 0 aromatic heterocycles. The Morgan fingerprint density at radius 3 is 2.04 bits per heavy atom. The summed E-state index contributed by atoms with van der Waals surface area (Å²) in [4.78, 5) is 16.5. The zero-order chi connectivity index (χ0) is 16.9. The lowest BCUT2D eigenvalue weighted by atomic mass is 10.2. The third kappa shape index (κ3) is 4.22. The van der Waals surface area contributed by atoms with E-state index in [9.17, 15) is 4.79 Å². The second kappa shape index (κ2) is 8.08. The largest absolute Gasteiger partial charge is 0.367 e. The van der Waals surface area contributed by atoms with Crippen LogP contribution in [0, 0.1) is 0 Å². The number of nitrogens with zero attached hydrogens (tertiary/aromatic N) is 2. The highest BCUT2D eigenvalue weighted by molar-refractivity contribution is 6.30. The van der Waals surface area contributed by atoms with Gasteiger partial charge in [0, 0.05) is 59.1 Å². The second-order valence-electron chi connectivity index (χ2n) is 5.36. The molecule has 0 N–H and O–H groups in total. The topological polar surface area (TPSA) is 51.2 Å². The van der Waals surface area contributed by atoms with Crippen molar-refractivity contribution in [1.82, 2.24) is 9.80 Å². The second-order valence-corrected chi connectivity index (χ2v) is 5.80. The molecule has 1 saturated heterocycles. The Kier molecular flexibility index (Phi) is 6.38. The minimum atomic E-state index is -1.65. The molecule has 1 aromatic carbocycles. The van der Waals surface area contributed by atoms with Gasteiger partial charge in [-0.15, -0.1) is 0 Å². The van der Waals surface area contributed by atoms with E-state index in [2.05, 4.69) is 4.90 Å². The maximum absolute atomic E-state index is 12.5. The SMILES string of the molecule is COC(OC)(OC)C(=O)N1CCN(Cc2ccc(Cl)cc2)CC1. The molecule has 1 aliphatic heterocycles. The Morgan fingerprint density at radius 2 is 1.57 bits per heavy atom. The number of ether oxygens (including phenoxy) is 3. The highest BCUT2D eigenvalue weighted by atomic mass is 35.5. The van der Waals surface area contributed by atoms with Crippen LogP contribution in [0.15, 0.2) is 24.3 Å². The molecule has 1 fully saturated rings. The first-order valence-electron chi connectivity index (χ1n) is 7.46. The molecular formula is C16H23ClN2O4. The average Bonchev–Trinajstić information content (AvgIpc) is 2.59. The summed E-state index contributed by atoms with van der Waals surface area (Å²) in [7, 11) is 4.17. The lowest BCUT2D eigenvalue weighted by molar-refractivity contribution is -0.332. The van der Waals surface area contributed by atoms with E-state index in [0.717, 1.165) is 24.7 Å². The molecule has 0 spiro atoms. The van der Waals surface area contributed by atoms with Gasteiger partial charge in [0.15, 0.2) is 0 Å². The van der Waals surface area contributed by atoms with Gasteiger partial charge in [0.1, 0.15) is 0 Å². The molecule has 6 nitrogen and oxygen atoms in total. The minimum Gasteiger partial charge on any atom is -0.333 e. The molecule has 0 unspecified atom stereocenters. The van der Waals surface area contributed by atoms with Crippen molar-refractivity contribution in [3.63, 3.8) is 0 Å². The fourth-order valence-electron chi connectivity index (χ4n) is 2.66. The normalized spacial score (nSPS) is 16.6. The Balaban J connectivity index is 1.90. The van der Waals surface area contributed by atoms with E-state index < -0.39 is 5.97 Å². The van der Waals surface area contributed by atoms with Crippen LogP contribution < -0.4 is 0 Å². The van der Waals surface area contributed by atoms with Crippen LogP contribution in [-0.2, 0) is 25.5 Å². The van der Waals surface area contributed by atoms with Gasteiger partial charge in [0.05, 0.1) is 0 Å². The third-order valence-electron chi connectivity index (χ3n) is 4.05. The first-order valence-corrected chi connectivity index (χ1v) is 7.84. The van der Waals surface area contributed by atoms with Crippen LogP contribution in [0.5, 0.6) is 0 Å². The Labute approximate surface area is 141 Å². The number of rotatable bonds is 6. The molecule has 0 saturated carbocycles. The van der Waals surface area contributed by atoms with Crippen molar-refractivity contribution in [1.29, 1.82) is 0 Å². The fourth-order valence-corrected chi connectivity index (χ4v) is 2.79. The van der Waals surface area contributed by atoms with Crippen LogP contribution in [0.4, 0.5) is 0 Å². The molecule has 1 heterocycles. The first kappa shape index (κ1) is 18.2. The molecule has 1 aromatic rings. The van der Waals surface area contributed by atoms with Crippen LogP contribution >= 0.6 is 11.6 Å². The lowest BCUT2D eigenvalue weighted by Gasteiger charge is -2.38. The molecule has 0 radical (unpaired) electrons. The van der Waals surface area contributed by atoms with Gasteiger partial charge < -0.3 is 19.1 Å². The molecule has 128 valence electrons. The van der Waals surface area contributed by atoms with Crippen molar-refractivity contribution in [2.45, 2.75) is 12.5 Å². The van der Waals surface area contributed by atoms with Crippen LogP contribution in [0.2, 0.25) is 5.02 Å². The summed E-state index contributed by atoms with van der Waals surface area (Å²) in [6.07, 6.45) is 0. The van der Waals surface area contributed by atoms with Crippen LogP contribution in [-0.4, -0.2) is 69.2 Å². The number of carbonyl (C=O) groups is 1. The van der Waals surface area contributed by atoms with E-state index in [4.69, 9.17) is 25.8 Å². The van der Waals surface area contributed by atoms with Crippen molar-refractivity contribution in [2.24, 2.45) is 0 Å². The molecule has 23 heavy (non-hydrogen) atoms. The molecular weight excluding hydrogens is 320 g/mol. The van der Waals surface area contributed by atoms with E-state index in [1.54, 1.807) is 4.90 Å². The van der Waals surface area contributed by atoms with Gasteiger partial charge in [-0.3, -0.25) is 9.69 Å². The maximum atomic E-state index is 12.5. The minimum absolute atomic E-state index is 0.309. The molecule has 2 rings (SSSR count). The van der Waals surface area contributed by atoms with Gasteiger partial charge in [-0.2, -0.15) is 0 Å². The van der Waals surface area contributed by atoms with Crippen molar-refractivity contribution in [3.8, 4) is 0 Å². The molecule has 0 aliphatic carbocycles. The number of hydrogen-bond acceptors (Lipinski definition) is 5. The van der Waals surface area contributed by atoms with E-state index in [1.807, 2.05) is 24.3 Å². The van der Waals surface area contributed by atoms with Gasteiger partial charge in [-0.25, -0.2) is 0 Å². The molecule has 7 heteroatoms. The van der Waals surface area contributed by atoms with Gasteiger partial charge in [0.2, 0.25) is 0 Å². The molecule has 0 atom stereocenters. The van der Waals surface area contributed by atoms with Gasteiger partial charge in [-0.1, -0.05) is 23.7 Å². The predicted octanol–water partition coefficient (Wildman–Crippen LogP) is 1.58. The monoisotopic (exact) mass is 342 g/mol. The predicted molar refractivity (Wildman–Crippen MR) is 87.1 cm³/mol. The van der Waals surface area contributed by atoms with E-state index in [-0.39, 0.29) is 5.91 Å². The Morgan fingerprint density at radius 1 is 1.04 bits per heavy atom. The Hall–Kier alpha value is -1.18. The van der Waals surface area contributed by atoms with Crippen molar-refractivity contribution in [2.75, 3.05) is 47.5 Å². The molecule has 1 amide bonds. The number of halogens is 1. The maximum Gasteiger partial charge on any atom is 0.367 e. The summed E-state index contributed by atoms with van der Waals surface area (Å²) >= 11 is 5.90. The van der Waals surface area contributed by atoms with Crippen LogP contribution in [0.1, 0.15) is 5.56 Å². The van der Waals surface area contributed by atoms with E-state index >= 15 is 0 Å². The van der Waals surface area contributed by atoms with Crippen molar-refractivity contribution >= 4 is 17.5 Å². The summed E-state index contributed by atoms with van der Waals surface area (Å²) < 4.78 is 15.4. The van der Waals surface area contributed by atoms with Gasteiger partial charge in [-0.05, 0) is 17.7 Å². The van der Waals surface area contributed by atoms with Gasteiger partial charge >= 0.3 is 11.9 Å². The number of methoxy groups -OCH3 is 3. The van der Waals surface area contributed by atoms with Gasteiger partial charge in [0.25, 0.3) is 0 Å². The third-order valence-corrected chi connectivity index (χ3v) is 4.30. The summed E-state index contributed by atoms with van der Waals surface area (Å²) in [6, 6.07) is 7.82. The lowest BCUT2D eigenvalue weighted by Crippen LogP contribution is -2.57. The van der Waals surface area contributed by atoms with Crippen LogP contribution in [0.3, 0.4) is 0 Å². The number of amides is 1. The average molecular weight is 343 g/mol. The van der Waals surface area contributed by atoms with Crippen LogP contribution in [0.25, 0.3) is 0 Å².